The van der Waals surface area contributed by atoms with Crippen LogP contribution in [0.2, 0.25) is 0 Å². The van der Waals surface area contributed by atoms with Gasteiger partial charge < -0.3 is 29.2 Å². The molecule has 9 rings (SSSR count). The molecule has 0 bridgehead atoms. The zero-order valence-electron chi connectivity index (χ0n) is 21.0. The van der Waals surface area contributed by atoms with Crippen LogP contribution in [0.15, 0.2) is 21.7 Å². The largest absolute Gasteiger partial charge is 0.507 e. The molecule has 4 heterocycles. The van der Waals surface area contributed by atoms with Crippen molar-refractivity contribution < 1.29 is 29.2 Å². The van der Waals surface area contributed by atoms with Crippen LogP contribution >= 0.6 is 0 Å². The number of hydrogen-bond acceptors (Lipinski definition) is 8. The van der Waals surface area contributed by atoms with Crippen LogP contribution < -0.4 is 20.3 Å². The van der Waals surface area contributed by atoms with Gasteiger partial charge >= 0.3 is 0 Å². The molecule has 5 aromatic carbocycles. The van der Waals surface area contributed by atoms with E-state index in [1.807, 2.05) is 27.7 Å². The average Bonchev–Trinajstić information content (AvgIpc) is 2.85. The first kappa shape index (κ1) is 21.1. The Kier molecular flexibility index (Phi) is 3.45. The summed E-state index contributed by atoms with van der Waals surface area (Å²) in [5.41, 5.74) is 1.85. The second-order valence-electron chi connectivity index (χ2n) is 11.1. The van der Waals surface area contributed by atoms with Gasteiger partial charge in [-0.3, -0.25) is 9.59 Å². The highest BCUT2D eigenvalue weighted by molar-refractivity contribution is 6.38. The van der Waals surface area contributed by atoms with Crippen LogP contribution in [-0.2, 0) is 9.47 Å². The summed E-state index contributed by atoms with van der Waals surface area (Å²) in [6.45, 7) is 7.49. The van der Waals surface area contributed by atoms with E-state index in [2.05, 4.69) is 0 Å². The number of aromatic hydroxyl groups is 2. The molecule has 5 aromatic rings. The molecule has 0 amide bonds. The topological polar surface area (TPSA) is 112 Å². The van der Waals surface area contributed by atoms with Gasteiger partial charge in [0.15, 0.2) is 23.1 Å². The van der Waals surface area contributed by atoms with Crippen molar-refractivity contribution in [2.75, 3.05) is 0 Å². The summed E-state index contributed by atoms with van der Waals surface area (Å²) in [5, 5.41) is 27.7. The molecule has 8 heteroatoms. The third kappa shape index (κ3) is 2.02. The first-order valence-electron chi connectivity index (χ1n) is 13.0. The van der Waals surface area contributed by atoms with Crippen molar-refractivity contribution in [2.45, 2.75) is 64.3 Å². The Hall–Kier alpha value is -3.88. The normalized spacial score (nSPS) is 28.6. The first-order valence-corrected chi connectivity index (χ1v) is 13.0. The molecule has 6 atom stereocenters. The van der Waals surface area contributed by atoms with Crippen LogP contribution in [0.4, 0.5) is 0 Å². The molecule has 0 saturated heterocycles. The molecule has 8 nitrogen and oxygen atoms in total. The fraction of sp³-hybridized carbons (Fsp3) is 0.333. The van der Waals surface area contributed by atoms with E-state index in [0.717, 1.165) is 21.9 Å². The maximum Gasteiger partial charge on any atom is 0.193 e. The molecule has 0 aromatic heterocycles. The standard InChI is InChI=1S/C30H22O8/c1-7-15-25-23-19-13(37-29(25)9(3)35-7)6-12(32)18-22(19)24-20-14(5-11(31)17(21(20)23)27(15)33)38-30-10(4)36-8(2)16(26(24)30)28(18)34/h5-10,29-30,33-34H,1-4H3/t7-,8-,9-,10-,29-,30-/m1/s1. The summed E-state index contributed by atoms with van der Waals surface area (Å²) in [4.78, 5) is 27.3. The lowest BCUT2D eigenvalue weighted by Crippen LogP contribution is -2.35. The van der Waals surface area contributed by atoms with E-state index in [-0.39, 0.29) is 45.3 Å². The lowest BCUT2D eigenvalue weighted by atomic mass is 9.75. The Bertz CT molecular complexity index is 1930. The van der Waals surface area contributed by atoms with E-state index in [1.165, 1.54) is 12.1 Å². The van der Waals surface area contributed by atoms with E-state index in [4.69, 9.17) is 18.9 Å². The Morgan fingerprint density at radius 2 is 0.947 bits per heavy atom. The smallest absolute Gasteiger partial charge is 0.193 e. The first-order chi connectivity index (χ1) is 18.2. The zero-order valence-corrected chi connectivity index (χ0v) is 21.0. The summed E-state index contributed by atoms with van der Waals surface area (Å²) < 4.78 is 25.2. The van der Waals surface area contributed by atoms with Crippen molar-refractivity contribution in [3.8, 4) is 23.0 Å². The van der Waals surface area contributed by atoms with Gasteiger partial charge in [0.25, 0.3) is 0 Å². The quantitative estimate of drug-likeness (QED) is 0.218. The number of ether oxygens (including phenoxy) is 4. The van der Waals surface area contributed by atoms with Crippen molar-refractivity contribution in [2.24, 2.45) is 0 Å². The number of hydrogen-bond donors (Lipinski definition) is 2. The van der Waals surface area contributed by atoms with Crippen molar-refractivity contribution in [3.63, 3.8) is 0 Å². The van der Waals surface area contributed by atoms with Crippen molar-refractivity contribution >= 4 is 43.1 Å². The second kappa shape index (κ2) is 6.22. The van der Waals surface area contributed by atoms with Gasteiger partial charge in [-0.05, 0) is 27.7 Å². The van der Waals surface area contributed by atoms with Crippen molar-refractivity contribution in [1.82, 2.24) is 0 Å². The van der Waals surface area contributed by atoms with Crippen LogP contribution in [0, 0.1) is 0 Å². The Morgan fingerprint density at radius 3 is 1.34 bits per heavy atom. The van der Waals surface area contributed by atoms with Gasteiger partial charge in [-0.15, -0.1) is 0 Å². The van der Waals surface area contributed by atoms with E-state index < -0.39 is 24.4 Å². The molecule has 38 heavy (non-hydrogen) atoms. The molecule has 4 aliphatic heterocycles. The van der Waals surface area contributed by atoms with E-state index in [9.17, 15) is 19.8 Å². The fourth-order valence-electron chi connectivity index (χ4n) is 7.89. The van der Waals surface area contributed by atoms with Gasteiger partial charge in [-0.1, -0.05) is 0 Å². The molecule has 0 unspecified atom stereocenters. The van der Waals surface area contributed by atoms with Crippen LogP contribution in [0.3, 0.4) is 0 Å². The number of phenolic OH excluding ortho intramolecular Hbond substituents is 2. The maximum absolute atomic E-state index is 13.6. The highest BCUT2D eigenvalue weighted by atomic mass is 16.6. The maximum atomic E-state index is 13.6. The molecule has 0 saturated carbocycles. The molecular weight excluding hydrogens is 488 g/mol. The fourth-order valence-corrected chi connectivity index (χ4v) is 7.89. The van der Waals surface area contributed by atoms with Gasteiger partial charge in [0.05, 0.1) is 35.2 Å². The minimum atomic E-state index is -0.583. The minimum absolute atomic E-state index is 0.108. The highest BCUT2D eigenvalue weighted by Gasteiger charge is 2.46. The SMILES string of the molecule is C[C@H]1O[C@H](C)[C@H]2Oc3cc(=O)c4c(O)c5c6c7c8c(cc(=O)c9c(O)c1c2c(c3c47)c98)O[C@@H]6[C@@H](C)O[C@@H]5C. The Balaban J connectivity index is 1.71. The van der Waals surface area contributed by atoms with Gasteiger partial charge in [0.2, 0.25) is 0 Å². The number of rotatable bonds is 0. The van der Waals surface area contributed by atoms with Gasteiger partial charge in [0.1, 0.15) is 23.0 Å². The third-order valence-corrected chi connectivity index (χ3v) is 9.19. The van der Waals surface area contributed by atoms with Crippen LogP contribution in [0.5, 0.6) is 23.0 Å². The molecular formula is C30H22O8. The Morgan fingerprint density at radius 1 is 0.553 bits per heavy atom. The third-order valence-electron chi connectivity index (χ3n) is 9.19. The van der Waals surface area contributed by atoms with Crippen LogP contribution in [-0.4, -0.2) is 22.4 Å². The van der Waals surface area contributed by atoms with Gasteiger partial charge in [-0.25, -0.2) is 0 Å². The summed E-state index contributed by atoms with van der Waals surface area (Å²) in [6.07, 6.45) is -2.86. The predicted molar refractivity (Wildman–Crippen MR) is 139 cm³/mol. The van der Waals surface area contributed by atoms with Crippen molar-refractivity contribution in [1.29, 1.82) is 0 Å². The van der Waals surface area contributed by atoms with E-state index >= 15 is 0 Å². The Labute approximate surface area is 214 Å². The average molecular weight is 510 g/mol. The van der Waals surface area contributed by atoms with Crippen LogP contribution in [0.25, 0.3) is 43.1 Å². The molecule has 0 spiro atoms. The summed E-state index contributed by atoms with van der Waals surface area (Å²) >= 11 is 0. The number of benzene rings is 5. The second-order valence-corrected chi connectivity index (χ2v) is 11.1. The molecule has 2 N–H and O–H groups in total. The molecule has 0 radical (unpaired) electrons. The lowest BCUT2D eigenvalue weighted by molar-refractivity contribution is -0.0721. The zero-order chi connectivity index (χ0) is 26.1. The summed E-state index contributed by atoms with van der Waals surface area (Å²) in [6, 6.07) is 2.84. The molecule has 0 fully saturated rings. The molecule has 0 aliphatic carbocycles. The molecule has 190 valence electrons. The van der Waals surface area contributed by atoms with E-state index in [1.54, 1.807) is 0 Å². The monoisotopic (exact) mass is 510 g/mol. The lowest BCUT2D eigenvalue weighted by Gasteiger charge is -2.42. The van der Waals surface area contributed by atoms with Gasteiger partial charge in [0, 0.05) is 66.7 Å². The molecule has 4 aliphatic rings. The number of phenols is 2. The van der Waals surface area contributed by atoms with Crippen LogP contribution in [0.1, 0.15) is 74.4 Å². The highest BCUT2D eigenvalue weighted by Crippen LogP contribution is 2.61. The predicted octanol–water partition coefficient (Wildman–Crippen LogP) is 5.13. The summed E-state index contributed by atoms with van der Waals surface area (Å²) in [7, 11) is 0. The van der Waals surface area contributed by atoms with Gasteiger partial charge in [-0.2, -0.15) is 0 Å². The summed E-state index contributed by atoms with van der Waals surface area (Å²) in [5.74, 6) is 0.558. The minimum Gasteiger partial charge on any atom is -0.507 e. The van der Waals surface area contributed by atoms with E-state index in [0.29, 0.717) is 44.2 Å². The van der Waals surface area contributed by atoms with Crippen molar-refractivity contribution in [3.05, 3.63) is 54.8 Å².